The maximum atomic E-state index is 15.1. The van der Waals surface area contributed by atoms with Gasteiger partial charge in [0.1, 0.15) is 25.0 Å². The summed E-state index contributed by atoms with van der Waals surface area (Å²) in [6, 6.07) is 20.3. The van der Waals surface area contributed by atoms with E-state index in [4.69, 9.17) is 4.74 Å². The molecular formula is C45H54BrN5O5. The monoisotopic (exact) mass is 823 g/mol. The molecule has 56 heavy (non-hydrogen) atoms. The molecule has 3 amide bonds. The van der Waals surface area contributed by atoms with Crippen LogP contribution in [0, 0.1) is 5.92 Å². The van der Waals surface area contributed by atoms with Crippen molar-refractivity contribution in [3.8, 4) is 0 Å². The average Bonchev–Trinajstić information content (AvgIpc) is 3.53. The lowest BCUT2D eigenvalue weighted by molar-refractivity contribution is -0.687. The van der Waals surface area contributed by atoms with Gasteiger partial charge in [-0.15, -0.1) is 0 Å². The van der Waals surface area contributed by atoms with E-state index in [2.05, 4.69) is 37.9 Å². The molecule has 296 valence electrons. The molecule has 2 atom stereocenters. The van der Waals surface area contributed by atoms with E-state index in [1.165, 1.54) is 25.8 Å². The van der Waals surface area contributed by atoms with Crippen molar-refractivity contribution in [3.63, 3.8) is 0 Å². The van der Waals surface area contributed by atoms with Gasteiger partial charge in [0, 0.05) is 24.8 Å². The van der Waals surface area contributed by atoms with Crippen molar-refractivity contribution >= 4 is 35.7 Å². The van der Waals surface area contributed by atoms with Gasteiger partial charge >= 0.3 is 0 Å². The minimum Gasteiger partial charge on any atom is -1.00 e. The number of amides is 3. The molecule has 0 bridgehead atoms. The van der Waals surface area contributed by atoms with E-state index < -0.39 is 29.4 Å². The summed E-state index contributed by atoms with van der Waals surface area (Å²) in [5.74, 6) is -1.56. The summed E-state index contributed by atoms with van der Waals surface area (Å²) in [7, 11) is 0. The Bertz CT molecular complexity index is 1970. The number of benzene rings is 2. The maximum absolute atomic E-state index is 15.1. The Balaban J connectivity index is 0.00000696. The molecule has 0 fully saturated rings. The predicted octanol–water partition coefficient (Wildman–Crippen LogP) is 3.78. The molecule has 2 aliphatic rings. The van der Waals surface area contributed by atoms with Gasteiger partial charge < -0.3 is 31.4 Å². The Labute approximate surface area is 342 Å². The molecular weight excluding hydrogens is 770 g/mol. The molecule has 1 aromatic heterocycles. The van der Waals surface area contributed by atoms with E-state index in [9.17, 15) is 14.4 Å². The first-order chi connectivity index (χ1) is 26.3. The zero-order valence-corrected chi connectivity index (χ0v) is 35.1. The summed E-state index contributed by atoms with van der Waals surface area (Å²) < 4.78 is 7.88. The molecule has 10 nitrogen and oxygen atoms in total. The third-order valence-corrected chi connectivity index (χ3v) is 9.70. The molecule has 3 heterocycles. The number of hydrogen-bond acceptors (Lipinski definition) is 6. The van der Waals surface area contributed by atoms with Crippen LogP contribution in [0.25, 0.3) is 5.70 Å². The van der Waals surface area contributed by atoms with E-state index >= 15 is 4.79 Å². The van der Waals surface area contributed by atoms with Gasteiger partial charge in [0.15, 0.2) is 18.9 Å². The van der Waals surface area contributed by atoms with Gasteiger partial charge in [-0.1, -0.05) is 91.7 Å². The normalized spacial score (nSPS) is 17.0. The number of nitrogens with zero attached hydrogens (tertiary/aromatic N) is 5. The van der Waals surface area contributed by atoms with Gasteiger partial charge in [-0.25, -0.2) is 9.56 Å². The third kappa shape index (κ3) is 10.8. The quantitative estimate of drug-likeness (QED) is 0.140. The highest BCUT2D eigenvalue weighted by atomic mass is 79.9. The number of rotatable bonds is 14. The Morgan fingerprint density at radius 1 is 0.982 bits per heavy atom. The first-order valence-electron chi connectivity index (χ1n) is 19.0. The number of amidine groups is 1. The zero-order chi connectivity index (χ0) is 39.7. The number of halogens is 1. The molecule has 0 aliphatic carbocycles. The van der Waals surface area contributed by atoms with Gasteiger partial charge in [0.2, 0.25) is 0 Å². The first-order valence-corrected chi connectivity index (χ1v) is 19.0. The number of carbonyl (C=O) groups excluding carboxylic acids is 4. The fraction of sp³-hybridized carbons (Fsp3) is 0.378. The van der Waals surface area contributed by atoms with Crippen LogP contribution in [-0.2, 0) is 32.1 Å². The lowest BCUT2D eigenvalue weighted by atomic mass is 9.93. The number of hydrogen-bond donors (Lipinski definition) is 0. The fourth-order valence-corrected chi connectivity index (χ4v) is 6.76. The molecule has 11 heteroatoms. The number of pyridine rings is 1. The van der Waals surface area contributed by atoms with Crippen molar-refractivity contribution in [2.45, 2.75) is 91.9 Å². The number of ether oxygens (including phenoxy) is 1. The number of aliphatic imine (C=N–C) groups is 1. The smallest absolute Gasteiger partial charge is 0.295 e. The van der Waals surface area contributed by atoms with Crippen LogP contribution in [-0.4, -0.2) is 75.5 Å². The third-order valence-electron chi connectivity index (χ3n) is 9.70. The van der Waals surface area contributed by atoms with Crippen LogP contribution >= 0.6 is 0 Å². The van der Waals surface area contributed by atoms with Crippen LogP contribution in [0.1, 0.15) is 82.8 Å². The molecule has 0 N–H and O–H groups in total. The van der Waals surface area contributed by atoms with Crippen LogP contribution in [0.4, 0.5) is 0 Å². The van der Waals surface area contributed by atoms with Crippen LogP contribution < -0.4 is 21.5 Å². The topological polar surface area (TPSA) is 103 Å². The summed E-state index contributed by atoms with van der Waals surface area (Å²) in [6.07, 6.45) is 12.6. The van der Waals surface area contributed by atoms with E-state index in [0.29, 0.717) is 29.7 Å². The second kappa shape index (κ2) is 19.6. The summed E-state index contributed by atoms with van der Waals surface area (Å²) in [6.45, 7) is 14.5. The molecule has 0 saturated carbocycles. The Morgan fingerprint density at radius 2 is 1.62 bits per heavy atom. The van der Waals surface area contributed by atoms with Gasteiger partial charge in [-0.3, -0.25) is 24.2 Å². The molecule has 2 aliphatic heterocycles. The molecule has 0 radical (unpaired) electrons. The Kier molecular flexibility index (Phi) is 15.3. The predicted molar refractivity (Wildman–Crippen MR) is 214 cm³/mol. The minimum absolute atomic E-state index is 0. The average molecular weight is 825 g/mol. The fourth-order valence-electron chi connectivity index (χ4n) is 6.76. The molecule has 5 rings (SSSR count). The summed E-state index contributed by atoms with van der Waals surface area (Å²) in [5, 5.41) is 0. The minimum atomic E-state index is -1.11. The first kappa shape index (κ1) is 43.6. The highest BCUT2D eigenvalue weighted by Gasteiger charge is 2.47. The SMILES string of the molecule is CC(C)=CCCC(C)=CC[n+]1ccc(C(=O)N2C=C(c3ccccc3)N([C@@H](Cc3ccccc3)C(=O)N(CC=O)C3=NC(C)(C)CO3)C(=O)[C@H]2C(C)C)cc1.[Br-]. The van der Waals surface area contributed by atoms with Crippen molar-refractivity contribution in [3.05, 3.63) is 131 Å². The molecule has 3 aromatic rings. The molecule has 0 saturated heterocycles. The Hall–Kier alpha value is -5.16. The second-order valence-electron chi connectivity index (χ2n) is 15.5. The van der Waals surface area contributed by atoms with Crippen molar-refractivity contribution in [2.75, 3.05) is 13.2 Å². The van der Waals surface area contributed by atoms with Crippen molar-refractivity contribution < 1.29 is 45.5 Å². The van der Waals surface area contributed by atoms with Crippen molar-refractivity contribution in [1.29, 1.82) is 0 Å². The van der Waals surface area contributed by atoms with Gasteiger partial charge in [0.25, 0.3) is 23.7 Å². The zero-order valence-electron chi connectivity index (χ0n) is 33.5. The summed E-state index contributed by atoms with van der Waals surface area (Å²) in [4.78, 5) is 65.4. The second-order valence-corrected chi connectivity index (χ2v) is 15.5. The summed E-state index contributed by atoms with van der Waals surface area (Å²) >= 11 is 0. The van der Waals surface area contributed by atoms with Gasteiger partial charge in [-0.05, 0) is 70.6 Å². The number of aldehydes is 1. The lowest BCUT2D eigenvalue weighted by Gasteiger charge is -2.44. The number of aromatic nitrogens is 1. The van der Waals surface area contributed by atoms with Crippen molar-refractivity contribution in [2.24, 2.45) is 10.9 Å². The van der Waals surface area contributed by atoms with Crippen LogP contribution in [0.5, 0.6) is 0 Å². The molecule has 0 spiro atoms. The number of allylic oxidation sites excluding steroid dienone is 4. The van der Waals surface area contributed by atoms with Crippen LogP contribution in [0.15, 0.2) is 120 Å². The van der Waals surface area contributed by atoms with Gasteiger partial charge in [-0.2, -0.15) is 0 Å². The van der Waals surface area contributed by atoms with Crippen molar-refractivity contribution in [1.82, 2.24) is 14.7 Å². The highest BCUT2D eigenvalue weighted by molar-refractivity contribution is 6.06. The van der Waals surface area contributed by atoms with Gasteiger partial charge in [0.05, 0.1) is 23.3 Å². The van der Waals surface area contributed by atoms with Crippen LogP contribution in [0.2, 0.25) is 0 Å². The Morgan fingerprint density at radius 3 is 2.20 bits per heavy atom. The molecule has 0 unspecified atom stereocenters. The summed E-state index contributed by atoms with van der Waals surface area (Å²) in [5.41, 5.74) is 4.31. The maximum Gasteiger partial charge on any atom is 0.295 e. The van der Waals surface area contributed by atoms with Crippen LogP contribution in [0.3, 0.4) is 0 Å². The standard InChI is InChI=1S/C45H54N5O5.BrH/c1-32(2)15-14-16-34(5)21-24-47-25-22-37(23-26-47)41(52)49-30-39(36-19-12-9-13-20-36)50(43(54)40(49)33(3)4)38(29-35-17-10-8-11-18-35)42(53)48(27-28-51)44-46-45(6,7)31-55-44;/h8-13,15,17-23,25-26,28,30,33,38,40H,14,16,24,27,29,31H2,1-7H3;1H/q+1;/p-1/t38-,40+;/m0./s1. The van der Waals surface area contributed by atoms with E-state index in [1.807, 2.05) is 105 Å². The van der Waals surface area contributed by atoms with E-state index in [1.54, 1.807) is 18.3 Å². The van der Waals surface area contributed by atoms with E-state index in [-0.39, 0.29) is 54.4 Å². The van der Waals surface area contributed by atoms with E-state index in [0.717, 1.165) is 18.4 Å². The largest absolute Gasteiger partial charge is 1.00 e. The number of carbonyl (C=O) groups is 4. The molecule has 2 aromatic carbocycles. The lowest BCUT2D eigenvalue weighted by Crippen LogP contribution is -3.00. The highest BCUT2D eigenvalue weighted by Crippen LogP contribution is 2.34.